The number of rotatable bonds is 1. The van der Waals surface area contributed by atoms with Crippen molar-refractivity contribution in [2.45, 2.75) is 25.5 Å². The molecule has 0 saturated carbocycles. The Bertz CT molecular complexity index is 336. The van der Waals surface area contributed by atoms with Crippen molar-refractivity contribution < 1.29 is 4.74 Å². The second kappa shape index (κ2) is 4.09. The van der Waals surface area contributed by atoms with Crippen LogP contribution in [0, 0.1) is 5.41 Å². The van der Waals surface area contributed by atoms with Gasteiger partial charge in [0.2, 0.25) is 0 Å². The Morgan fingerprint density at radius 2 is 2.07 bits per heavy atom. The van der Waals surface area contributed by atoms with Crippen LogP contribution in [0.5, 0.6) is 0 Å². The average molecular weight is 222 g/mol. The van der Waals surface area contributed by atoms with E-state index in [0.717, 1.165) is 18.8 Å². The summed E-state index contributed by atoms with van der Waals surface area (Å²) in [6.07, 6.45) is 12.1. The van der Waals surface area contributed by atoms with Crippen LogP contribution in [0.3, 0.4) is 0 Å². The molecular formula is C13H18OS. The van der Waals surface area contributed by atoms with Crippen molar-refractivity contribution in [3.8, 4) is 0 Å². The van der Waals surface area contributed by atoms with E-state index in [0.29, 0.717) is 5.25 Å². The summed E-state index contributed by atoms with van der Waals surface area (Å²) >= 11 is 1.85. The lowest BCUT2D eigenvalue weighted by molar-refractivity contribution is 0.150. The van der Waals surface area contributed by atoms with Gasteiger partial charge in [-0.3, -0.25) is 0 Å². The Morgan fingerprint density at radius 3 is 2.80 bits per heavy atom. The molecule has 1 aliphatic carbocycles. The first-order valence-electron chi connectivity index (χ1n) is 5.40. The molecule has 1 aliphatic heterocycles. The van der Waals surface area contributed by atoms with Crippen molar-refractivity contribution in [2.24, 2.45) is 5.41 Å². The van der Waals surface area contributed by atoms with Gasteiger partial charge in [0, 0.05) is 5.25 Å². The fraction of sp³-hybridized carbons (Fsp3) is 0.538. The molecule has 0 aromatic carbocycles. The zero-order chi connectivity index (χ0) is 10.9. The summed E-state index contributed by atoms with van der Waals surface area (Å²) in [7, 11) is 0. The smallest absolute Gasteiger partial charge is 0.122 e. The number of allylic oxidation sites excluding steroid dienone is 3. The van der Waals surface area contributed by atoms with Gasteiger partial charge in [-0.2, -0.15) is 11.8 Å². The molecule has 0 aromatic heterocycles. The van der Waals surface area contributed by atoms with E-state index >= 15 is 0 Å². The van der Waals surface area contributed by atoms with Crippen molar-refractivity contribution in [1.29, 1.82) is 0 Å². The van der Waals surface area contributed by atoms with Crippen LogP contribution in [0.4, 0.5) is 0 Å². The van der Waals surface area contributed by atoms with E-state index in [9.17, 15) is 0 Å². The van der Waals surface area contributed by atoms with Gasteiger partial charge >= 0.3 is 0 Å². The fourth-order valence-corrected chi connectivity index (χ4v) is 2.47. The zero-order valence-corrected chi connectivity index (χ0v) is 10.4. The molecule has 0 bridgehead atoms. The predicted octanol–water partition coefficient (Wildman–Crippen LogP) is 3.54. The Balaban J connectivity index is 2.36. The fourth-order valence-electron chi connectivity index (χ4n) is 2.00. The van der Waals surface area contributed by atoms with Crippen molar-refractivity contribution in [3.63, 3.8) is 0 Å². The van der Waals surface area contributed by atoms with Crippen molar-refractivity contribution in [2.75, 3.05) is 12.9 Å². The molecule has 0 spiro atoms. The van der Waals surface area contributed by atoms with Crippen molar-refractivity contribution in [1.82, 2.24) is 0 Å². The average Bonchev–Trinajstić information content (AvgIpc) is 2.40. The Morgan fingerprint density at radius 1 is 1.33 bits per heavy atom. The van der Waals surface area contributed by atoms with Gasteiger partial charge < -0.3 is 4.74 Å². The summed E-state index contributed by atoms with van der Waals surface area (Å²) in [5.41, 5.74) is 1.60. The van der Waals surface area contributed by atoms with Crippen LogP contribution in [-0.4, -0.2) is 18.1 Å². The quantitative estimate of drug-likeness (QED) is 0.671. The molecule has 82 valence electrons. The zero-order valence-electron chi connectivity index (χ0n) is 9.62. The van der Waals surface area contributed by atoms with E-state index in [4.69, 9.17) is 4.74 Å². The molecule has 1 unspecified atom stereocenters. The minimum atomic E-state index is 0.252. The second-order valence-corrected chi connectivity index (χ2v) is 5.69. The van der Waals surface area contributed by atoms with E-state index in [-0.39, 0.29) is 5.41 Å². The third kappa shape index (κ3) is 2.15. The van der Waals surface area contributed by atoms with Gasteiger partial charge in [-0.05, 0) is 29.7 Å². The predicted molar refractivity (Wildman–Crippen MR) is 67.0 cm³/mol. The standard InChI is InChI=1S/C13H18OS/c1-13(2)8-9-14-12-7-5-10(15-3)4-6-11(12)13/h4-7,10H,8-9H2,1-3H3. The summed E-state index contributed by atoms with van der Waals surface area (Å²) in [5, 5.41) is 0.481. The molecule has 2 heteroatoms. The minimum Gasteiger partial charge on any atom is -0.493 e. The summed E-state index contributed by atoms with van der Waals surface area (Å²) in [4.78, 5) is 0. The summed E-state index contributed by atoms with van der Waals surface area (Å²) in [6.45, 7) is 5.43. The lowest BCUT2D eigenvalue weighted by Crippen LogP contribution is -2.23. The molecule has 15 heavy (non-hydrogen) atoms. The van der Waals surface area contributed by atoms with E-state index in [1.807, 2.05) is 11.8 Å². The highest BCUT2D eigenvalue weighted by atomic mass is 32.2. The maximum atomic E-state index is 5.72. The lowest BCUT2D eigenvalue weighted by Gasteiger charge is -2.32. The third-order valence-electron chi connectivity index (χ3n) is 3.14. The first-order chi connectivity index (χ1) is 7.13. The molecule has 0 saturated heterocycles. The molecule has 0 N–H and O–H groups in total. The Kier molecular flexibility index (Phi) is 2.96. The van der Waals surface area contributed by atoms with Crippen LogP contribution >= 0.6 is 11.8 Å². The largest absolute Gasteiger partial charge is 0.493 e. The molecule has 0 fully saturated rings. The second-order valence-electron chi connectivity index (χ2n) is 4.68. The Hall–Kier alpha value is -0.630. The number of ether oxygens (including phenoxy) is 1. The van der Waals surface area contributed by atoms with Crippen LogP contribution in [0.2, 0.25) is 0 Å². The molecule has 0 aromatic rings. The highest BCUT2D eigenvalue weighted by molar-refractivity contribution is 7.99. The molecule has 1 nitrogen and oxygen atoms in total. The van der Waals surface area contributed by atoms with Crippen LogP contribution < -0.4 is 0 Å². The molecule has 2 rings (SSSR count). The number of thioether (sulfide) groups is 1. The highest BCUT2D eigenvalue weighted by Gasteiger charge is 2.29. The van der Waals surface area contributed by atoms with E-state index in [2.05, 4.69) is 44.4 Å². The van der Waals surface area contributed by atoms with E-state index in [1.54, 1.807) is 0 Å². The topological polar surface area (TPSA) is 9.23 Å². The summed E-state index contributed by atoms with van der Waals surface area (Å²) in [5.74, 6) is 1.07. The molecule has 1 atom stereocenters. The molecular weight excluding hydrogens is 204 g/mol. The summed E-state index contributed by atoms with van der Waals surface area (Å²) < 4.78 is 5.72. The molecule has 0 amide bonds. The molecule has 1 heterocycles. The monoisotopic (exact) mass is 222 g/mol. The lowest BCUT2D eigenvalue weighted by atomic mass is 9.79. The first kappa shape index (κ1) is 10.9. The highest BCUT2D eigenvalue weighted by Crippen LogP contribution is 2.39. The SMILES string of the molecule is CSC1C=CC2=C(C=C1)C(C)(C)CCO2. The normalized spacial score (nSPS) is 28.3. The van der Waals surface area contributed by atoms with Crippen molar-refractivity contribution >= 4 is 11.8 Å². The maximum absolute atomic E-state index is 5.72. The molecule has 2 aliphatic rings. The van der Waals surface area contributed by atoms with Crippen LogP contribution in [-0.2, 0) is 4.74 Å². The van der Waals surface area contributed by atoms with Gasteiger partial charge in [-0.25, -0.2) is 0 Å². The summed E-state index contributed by atoms with van der Waals surface area (Å²) in [6, 6.07) is 0. The third-order valence-corrected chi connectivity index (χ3v) is 4.00. The van der Waals surface area contributed by atoms with Gasteiger partial charge in [-0.15, -0.1) is 0 Å². The van der Waals surface area contributed by atoms with Gasteiger partial charge in [0.15, 0.2) is 0 Å². The van der Waals surface area contributed by atoms with Gasteiger partial charge in [0.25, 0.3) is 0 Å². The minimum absolute atomic E-state index is 0.252. The number of hydrogen-bond acceptors (Lipinski definition) is 2. The van der Waals surface area contributed by atoms with Gasteiger partial charge in [-0.1, -0.05) is 32.1 Å². The van der Waals surface area contributed by atoms with Crippen LogP contribution in [0.1, 0.15) is 20.3 Å². The van der Waals surface area contributed by atoms with Crippen LogP contribution in [0.15, 0.2) is 35.6 Å². The molecule has 0 radical (unpaired) electrons. The van der Waals surface area contributed by atoms with Gasteiger partial charge in [0.05, 0.1) is 6.61 Å². The maximum Gasteiger partial charge on any atom is 0.122 e. The number of hydrogen-bond donors (Lipinski definition) is 0. The van der Waals surface area contributed by atoms with Gasteiger partial charge in [0.1, 0.15) is 5.76 Å². The Labute approximate surface area is 96.3 Å². The van der Waals surface area contributed by atoms with E-state index < -0.39 is 0 Å². The van der Waals surface area contributed by atoms with Crippen molar-refractivity contribution in [3.05, 3.63) is 35.6 Å². The van der Waals surface area contributed by atoms with Crippen LogP contribution in [0.25, 0.3) is 0 Å². The van der Waals surface area contributed by atoms with E-state index in [1.165, 1.54) is 5.57 Å². The first-order valence-corrected chi connectivity index (χ1v) is 6.69.